The van der Waals surface area contributed by atoms with E-state index in [0.29, 0.717) is 0 Å². The van der Waals surface area contributed by atoms with Crippen molar-refractivity contribution in [3.05, 3.63) is 30.3 Å². The van der Waals surface area contributed by atoms with Crippen molar-refractivity contribution in [1.82, 2.24) is 4.72 Å². The third kappa shape index (κ3) is 6.27. The number of alkyl halides is 3. The van der Waals surface area contributed by atoms with E-state index in [9.17, 15) is 4.79 Å². The maximum Gasteiger partial charge on any atom is 0.449 e. The Morgan fingerprint density at radius 3 is 2.47 bits per heavy atom. The number of hydrogen-bond donors (Lipinski definition) is 1. The average molecular weight is 316 g/mol. The molecule has 0 aromatic heterocycles. The van der Waals surface area contributed by atoms with Crippen LogP contribution in [0.4, 0.5) is 4.79 Å². The molecule has 1 rings (SSSR count). The van der Waals surface area contributed by atoms with Gasteiger partial charge < -0.3 is 4.74 Å². The van der Waals surface area contributed by atoms with E-state index >= 15 is 0 Å². The fourth-order valence-electron chi connectivity index (χ4n) is 0.985. The number of carbonyl (C=O) groups is 1. The van der Waals surface area contributed by atoms with Crippen molar-refractivity contribution in [3.63, 3.8) is 0 Å². The van der Waals surface area contributed by atoms with E-state index in [2.05, 4.69) is 4.72 Å². The number of nitrogens with one attached hydrogen (secondary N) is 1. The first-order chi connectivity index (χ1) is 7.88. The zero-order valence-corrected chi connectivity index (χ0v) is 12.0. The van der Waals surface area contributed by atoms with Crippen LogP contribution in [0, 0.1) is 0 Å². The third-order valence-electron chi connectivity index (χ3n) is 1.70. The van der Waals surface area contributed by atoms with Crippen LogP contribution in [0.25, 0.3) is 0 Å². The number of benzene rings is 1. The van der Waals surface area contributed by atoms with E-state index in [0.717, 1.165) is 4.90 Å². The molecular weight excluding hydrogens is 305 g/mol. The fraction of sp³-hybridized carbons (Fsp3) is 0.300. The van der Waals surface area contributed by atoms with E-state index in [-0.39, 0.29) is 6.61 Å². The molecule has 3 nitrogen and oxygen atoms in total. The lowest BCUT2D eigenvalue weighted by atomic mass is 10.4. The lowest BCUT2D eigenvalue weighted by molar-refractivity contribution is 0.155. The van der Waals surface area contributed by atoms with Crippen LogP contribution in [-0.4, -0.2) is 22.7 Å². The highest BCUT2D eigenvalue weighted by Crippen LogP contribution is 2.25. The largest absolute Gasteiger partial charge is 0.449 e. The van der Waals surface area contributed by atoms with Gasteiger partial charge in [-0.05, 0) is 12.1 Å². The summed E-state index contributed by atoms with van der Waals surface area (Å²) in [6, 6.07) is 9.53. The van der Waals surface area contributed by atoms with E-state index in [1.165, 1.54) is 0 Å². The summed E-state index contributed by atoms with van der Waals surface area (Å²) in [5.41, 5.74) is 0. The van der Waals surface area contributed by atoms with Crippen LogP contribution >= 0.6 is 34.8 Å². The molecule has 1 unspecified atom stereocenters. The molecule has 7 heteroatoms. The smallest absolute Gasteiger partial charge is 0.442 e. The molecule has 0 aliphatic heterocycles. The lowest BCUT2D eigenvalue weighted by Gasteiger charge is -2.11. The van der Waals surface area contributed by atoms with Crippen molar-refractivity contribution < 1.29 is 9.53 Å². The number of hydrogen-bond acceptors (Lipinski definition) is 2. The van der Waals surface area contributed by atoms with Gasteiger partial charge in [0.05, 0.1) is 0 Å². The van der Waals surface area contributed by atoms with E-state index in [1.54, 1.807) is 0 Å². The van der Waals surface area contributed by atoms with Crippen LogP contribution in [0.3, 0.4) is 0 Å². The number of ether oxygens (including phenoxy) is 1. The average Bonchev–Trinajstić information content (AvgIpc) is 2.27. The van der Waals surface area contributed by atoms with E-state index < -0.39 is 21.0 Å². The monoisotopic (exact) mass is 314 g/mol. The van der Waals surface area contributed by atoms with Crippen molar-refractivity contribution >= 4 is 52.0 Å². The Balaban J connectivity index is 2.42. The number of rotatable bonds is 3. The number of amides is 1. The van der Waals surface area contributed by atoms with Gasteiger partial charge in [0.25, 0.3) is 0 Å². The summed E-state index contributed by atoms with van der Waals surface area (Å²) in [4.78, 5) is 12.4. The van der Waals surface area contributed by atoms with E-state index in [4.69, 9.17) is 39.5 Å². The van der Waals surface area contributed by atoms with Gasteiger partial charge >= 0.3 is 6.09 Å². The van der Waals surface area contributed by atoms with Crippen LogP contribution in [0.5, 0.6) is 0 Å². The van der Waals surface area contributed by atoms with E-state index in [1.807, 2.05) is 36.6 Å². The molecule has 1 aromatic carbocycles. The molecule has 0 fully saturated rings. The highest BCUT2D eigenvalue weighted by atomic mass is 35.6. The summed E-state index contributed by atoms with van der Waals surface area (Å²) in [6.45, 7) is -0.282. The van der Waals surface area contributed by atoms with Gasteiger partial charge in [0, 0.05) is 0 Å². The quantitative estimate of drug-likeness (QED) is 0.686. The summed E-state index contributed by atoms with van der Waals surface area (Å²) >= 11 is 15.9. The molecule has 0 radical (unpaired) electrons. The van der Waals surface area contributed by atoms with Crippen LogP contribution < -0.4 is 4.72 Å². The Labute approximate surface area is 118 Å². The molecule has 0 saturated carbocycles. The highest BCUT2D eigenvalue weighted by molar-refractivity contribution is 7.94. The van der Waals surface area contributed by atoms with Crippen LogP contribution in [-0.2, 0) is 15.8 Å². The Morgan fingerprint density at radius 1 is 1.35 bits per heavy atom. The maximum atomic E-state index is 11.4. The van der Waals surface area contributed by atoms with Crippen molar-refractivity contribution in [2.24, 2.45) is 0 Å². The second kappa shape index (κ2) is 6.59. The van der Waals surface area contributed by atoms with Gasteiger partial charge in [0.1, 0.15) is 23.9 Å². The summed E-state index contributed by atoms with van der Waals surface area (Å²) in [7, 11) is 0. The van der Waals surface area contributed by atoms with Crippen LogP contribution in [0.2, 0.25) is 0 Å². The maximum absolute atomic E-state index is 11.4. The third-order valence-corrected chi connectivity index (χ3v) is 3.48. The van der Waals surface area contributed by atoms with Crippen LogP contribution in [0.1, 0.15) is 0 Å². The summed E-state index contributed by atoms with van der Waals surface area (Å²) in [5, 5.41) is 0. The first-order valence-corrected chi connectivity index (χ1v) is 7.36. The number of carbonyl (C=O) groups excluding carboxylic acids is 1. The topological polar surface area (TPSA) is 38.3 Å². The molecule has 1 aromatic rings. The molecule has 17 heavy (non-hydrogen) atoms. The van der Waals surface area contributed by atoms with Gasteiger partial charge in [0.15, 0.2) is 4.90 Å². The molecule has 1 N–H and O–H groups in total. The van der Waals surface area contributed by atoms with Gasteiger partial charge in [-0.1, -0.05) is 53.0 Å². The molecule has 0 aliphatic rings. The summed E-state index contributed by atoms with van der Waals surface area (Å²) in [6.07, 6.45) is 1.26. The summed E-state index contributed by atoms with van der Waals surface area (Å²) in [5.74, 6) is 0. The molecule has 0 heterocycles. The van der Waals surface area contributed by atoms with Crippen molar-refractivity contribution in [2.45, 2.75) is 8.69 Å². The minimum atomic E-state index is -1.59. The van der Waals surface area contributed by atoms with Gasteiger partial charge in [-0.2, -0.15) is 0 Å². The standard InChI is InChI=1S/C10H10Cl3NO2S/c1-17(8-5-3-2-4-6-8)14-9(15)16-7-10(11,12)13/h2-6H,7H2,1H3/p+1. The normalized spacial score (nSPS) is 12.9. The van der Waals surface area contributed by atoms with Crippen molar-refractivity contribution in [2.75, 3.05) is 12.9 Å². The van der Waals surface area contributed by atoms with Gasteiger partial charge in [-0.3, -0.25) is 0 Å². The first kappa shape index (κ1) is 14.8. The van der Waals surface area contributed by atoms with Gasteiger partial charge in [0.2, 0.25) is 3.79 Å². The minimum Gasteiger partial charge on any atom is -0.442 e. The van der Waals surface area contributed by atoms with Gasteiger partial charge in [-0.15, -0.1) is 4.72 Å². The zero-order valence-electron chi connectivity index (χ0n) is 8.95. The Hall–Kier alpha value is -0.290. The predicted molar refractivity (Wildman–Crippen MR) is 72.8 cm³/mol. The first-order valence-electron chi connectivity index (χ1n) is 4.59. The molecule has 94 valence electrons. The van der Waals surface area contributed by atoms with Crippen molar-refractivity contribution in [1.29, 1.82) is 0 Å². The lowest BCUT2D eigenvalue weighted by Crippen LogP contribution is -2.32. The zero-order chi connectivity index (χ0) is 12.9. The highest BCUT2D eigenvalue weighted by Gasteiger charge is 2.25. The molecular formula is C10H11Cl3NO2S+. The molecule has 0 aliphatic carbocycles. The van der Waals surface area contributed by atoms with Crippen LogP contribution in [0.15, 0.2) is 35.2 Å². The predicted octanol–water partition coefficient (Wildman–Crippen LogP) is 3.31. The van der Waals surface area contributed by atoms with Gasteiger partial charge in [-0.25, -0.2) is 4.79 Å². The molecule has 0 spiro atoms. The Morgan fingerprint density at radius 2 is 1.94 bits per heavy atom. The molecule has 0 bridgehead atoms. The SMILES string of the molecule is C[S+](NC(=O)OCC(Cl)(Cl)Cl)c1ccccc1. The summed E-state index contributed by atoms with van der Waals surface area (Å²) < 4.78 is 5.83. The fourth-order valence-corrected chi connectivity index (χ4v) is 2.14. The molecule has 0 saturated heterocycles. The minimum absolute atomic E-state index is 0.282. The molecule has 1 atom stereocenters. The number of halogens is 3. The second-order valence-electron chi connectivity index (χ2n) is 3.12. The molecule has 1 amide bonds. The van der Waals surface area contributed by atoms with Crippen molar-refractivity contribution in [3.8, 4) is 0 Å². The Kier molecular flexibility index (Phi) is 5.73. The Bertz CT molecular complexity index is 370. The second-order valence-corrected chi connectivity index (χ2v) is 7.33.